The molecular formula is C8H7ClIN3O4S. The molecule has 1 aromatic rings. The van der Waals surface area contributed by atoms with Crippen LogP contribution in [0.15, 0.2) is 5.16 Å². The van der Waals surface area contributed by atoms with Gasteiger partial charge in [-0.1, -0.05) is 16.5 Å². The third kappa shape index (κ3) is 3.78. The van der Waals surface area contributed by atoms with Crippen LogP contribution >= 0.6 is 45.5 Å². The normalized spacial score (nSPS) is 11.2. The third-order valence-corrected chi connectivity index (χ3v) is 3.74. The number of alkyl halides is 1. The van der Waals surface area contributed by atoms with Crippen molar-refractivity contribution in [2.75, 3.05) is 18.3 Å². The first kappa shape index (κ1) is 15.1. The van der Waals surface area contributed by atoms with Crippen molar-refractivity contribution in [2.45, 2.75) is 0 Å². The van der Waals surface area contributed by atoms with Gasteiger partial charge in [0.2, 0.25) is 11.6 Å². The molecule has 0 aliphatic carbocycles. The van der Waals surface area contributed by atoms with Crippen molar-refractivity contribution in [3.05, 3.63) is 8.58 Å². The first-order valence-corrected chi connectivity index (χ1v) is 6.79. The Kier molecular flexibility index (Phi) is 5.75. The number of halogens is 2. The van der Waals surface area contributed by atoms with E-state index in [1.807, 2.05) is 22.6 Å². The number of carbonyl (C=O) groups excluding carboxylic acids is 1. The van der Waals surface area contributed by atoms with Crippen LogP contribution in [-0.4, -0.2) is 40.7 Å². The molecule has 1 heterocycles. The maximum absolute atomic E-state index is 11.1. The highest BCUT2D eigenvalue weighted by atomic mass is 127. The van der Waals surface area contributed by atoms with Gasteiger partial charge in [-0.05, 0) is 22.6 Å². The molecule has 0 fully saturated rings. The van der Waals surface area contributed by atoms with Crippen molar-refractivity contribution in [3.8, 4) is 0 Å². The number of anilines is 1. The second-order valence-corrected chi connectivity index (χ2v) is 5.83. The molecule has 0 radical (unpaired) electrons. The molecule has 7 nitrogen and oxygen atoms in total. The van der Waals surface area contributed by atoms with E-state index < -0.39 is 11.9 Å². The fraction of sp³-hybridized carbons (Fsp3) is 0.250. The molecular weight excluding hydrogens is 397 g/mol. The highest BCUT2D eigenvalue weighted by molar-refractivity contribution is 14.1. The largest absolute Gasteiger partial charge is 0.476 e. The van der Waals surface area contributed by atoms with Crippen LogP contribution in [-0.2, 0) is 14.4 Å². The van der Waals surface area contributed by atoms with E-state index in [1.165, 1.54) is 7.11 Å². The quantitative estimate of drug-likeness (QED) is 0.335. The molecule has 0 bridgehead atoms. The lowest BCUT2D eigenvalue weighted by atomic mass is 10.3. The fourth-order valence-corrected chi connectivity index (χ4v) is 2.71. The maximum Gasteiger partial charge on any atom is 0.360 e. The molecule has 2 N–H and O–H groups in total. The summed E-state index contributed by atoms with van der Waals surface area (Å²) < 4.78 is 0.565. The summed E-state index contributed by atoms with van der Waals surface area (Å²) in [5, 5.41) is 15.0. The minimum Gasteiger partial charge on any atom is -0.476 e. The van der Waals surface area contributed by atoms with Crippen LogP contribution in [0.5, 0.6) is 0 Å². The minimum absolute atomic E-state index is 0.139. The smallest absolute Gasteiger partial charge is 0.360 e. The molecule has 0 spiro atoms. The molecule has 1 amide bonds. The molecule has 1 aromatic heterocycles. The number of aromatic nitrogens is 1. The van der Waals surface area contributed by atoms with Crippen LogP contribution in [0, 0.1) is 2.88 Å². The summed E-state index contributed by atoms with van der Waals surface area (Å²) >= 11 is 8.35. The summed E-state index contributed by atoms with van der Waals surface area (Å²) in [4.78, 5) is 30.5. The highest BCUT2D eigenvalue weighted by Gasteiger charge is 2.22. The maximum atomic E-state index is 11.1. The van der Waals surface area contributed by atoms with Crippen molar-refractivity contribution >= 4 is 68.2 Å². The number of hydrogen-bond donors (Lipinski definition) is 2. The van der Waals surface area contributed by atoms with E-state index in [9.17, 15) is 9.59 Å². The van der Waals surface area contributed by atoms with Gasteiger partial charge in [0, 0.05) is 0 Å². The number of carboxylic acid groups (broad SMARTS) is 1. The molecule has 1 rings (SSSR count). The SMILES string of the molecule is CO/N=C(\C(=O)O)c1nc(NC(=O)CCl)sc1I. The van der Waals surface area contributed by atoms with Crippen LogP contribution in [0.1, 0.15) is 5.69 Å². The first-order valence-electron chi connectivity index (χ1n) is 4.36. The van der Waals surface area contributed by atoms with E-state index in [0.29, 0.717) is 2.88 Å². The lowest BCUT2D eigenvalue weighted by Crippen LogP contribution is -2.17. The zero-order chi connectivity index (χ0) is 13.7. The standard InChI is InChI=1S/C8H7ClIN3O4S/c1-17-13-5(7(15)16)4-6(10)18-8(12-4)11-3(14)2-9/h2H2,1H3,(H,15,16)(H,11,12,14)/b13-5-. The molecule has 0 aliphatic rings. The summed E-state index contributed by atoms with van der Waals surface area (Å²) in [6.45, 7) is 0. The summed E-state index contributed by atoms with van der Waals surface area (Å²) in [6, 6.07) is 0. The van der Waals surface area contributed by atoms with Gasteiger partial charge in [-0.3, -0.25) is 4.79 Å². The number of oxime groups is 1. The molecule has 0 atom stereocenters. The van der Waals surface area contributed by atoms with E-state index >= 15 is 0 Å². The lowest BCUT2D eigenvalue weighted by molar-refractivity contribution is -0.129. The molecule has 0 aromatic carbocycles. The number of rotatable bonds is 5. The Balaban J connectivity index is 3.07. The van der Waals surface area contributed by atoms with Crippen LogP contribution in [0.4, 0.5) is 5.13 Å². The summed E-state index contributed by atoms with van der Waals surface area (Å²) in [5.41, 5.74) is -0.190. The predicted octanol–water partition coefficient (Wildman–Crippen LogP) is 1.36. The Bertz CT molecular complexity index is 505. The molecule has 18 heavy (non-hydrogen) atoms. The minimum atomic E-state index is -1.27. The summed E-state index contributed by atoms with van der Waals surface area (Å²) in [6.07, 6.45) is 0. The number of carbonyl (C=O) groups is 2. The van der Waals surface area contributed by atoms with Crippen LogP contribution in [0.3, 0.4) is 0 Å². The number of thiazole rings is 1. The average molecular weight is 404 g/mol. The number of aliphatic carboxylic acids is 1. The molecule has 0 saturated carbocycles. The van der Waals surface area contributed by atoms with Gasteiger partial charge >= 0.3 is 5.97 Å². The molecule has 98 valence electrons. The zero-order valence-electron chi connectivity index (χ0n) is 8.94. The number of amides is 1. The zero-order valence-corrected chi connectivity index (χ0v) is 12.7. The Morgan fingerprint density at radius 3 is 2.83 bits per heavy atom. The monoisotopic (exact) mass is 403 g/mol. The van der Waals surface area contributed by atoms with Gasteiger partial charge in [0.05, 0.1) is 2.88 Å². The highest BCUT2D eigenvalue weighted by Crippen LogP contribution is 2.25. The van der Waals surface area contributed by atoms with Crippen molar-refractivity contribution in [1.29, 1.82) is 0 Å². The van der Waals surface area contributed by atoms with Crippen LogP contribution in [0.25, 0.3) is 0 Å². The number of hydrogen-bond acceptors (Lipinski definition) is 6. The van der Waals surface area contributed by atoms with Crippen molar-refractivity contribution in [3.63, 3.8) is 0 Å². The van der Waals surface area contributed by atoms with Crippen molar-refractivity contribution in [1.82, 2.24) is 4.98 Å². The van der Waals surface area contributed by atoms with Gasteiger partial charge in [-0.15, -0.1) is 11.6 Å². The van der Waals surface area contributed by atoms with E-state index in [4.69, 9.17) is 16.7 Å². The summed E-state index contributed by atoms with van der Waals surface area (Å²) in [5.74, 6) is -1.90. The lowest BCUT2D eigenvalue weighted by Gasteiger charge is -1.97. The fourth-order valence-electron chi connectivity index (χ4n) is 0.929. The van der Waals surface area contributed by atoms with Gasteiger partial charge in [-0.25, -0.2) is 9.78 Å². The second-order valence-electron chi connectivity index (χ2n) is 2.75. The van der Waals surface area contributed by atoms with E-state index in [0.717, 1.165) is 11.3 Å². The van der Waals surface area contributed by atoms with E-state index in [2.05, 4.69) is 20.3 Å². The Morgan fingerprint density at radius 1 is 1.67 bits per heavy atom. The summed E-state index contributed by atoms with van der Waals surface area (Å²) in [7, 11) is 1.23. The number of nitrogens with zero attached hydrogens (tertiary/aromatic N) is 2. The Morgan fingerprint density at radius 2 is 2.33 bits per heavy atom. The Hall–Kier alpha value is -0.940. The van der Waals surface area contributed by atoms with Crippen LogP contribution in [0.2, 0.25) is 0 Å². The second kappa shape index (κ2) is 6.85. The van der Waals surface area contributed by atoms with Gasteiger partial charge in [0.1, 0.15) is 18.7 Å². The van der Waals surface area contributed by atoms with E-state index in [1.54, 1.807) is 0 Å². The van der Waals surface area contributed by atoms with Gasteiger partial charge in [0.25, 0.3) is 0 Å². The molecule has 10 heteroatoms. The van der Waals surface area contributed by atoms with Gasteiger partial charge in [-0.2, -0.15) is 0 Å². The molecule has 0 unspecified atom stereocenters. The van der Waals surface area contributed by atoms with Gasteiger partial charge < -0.3 is 15.3 Å². The topological polar surface area (TPSA) is 101 Å². The first-order chi connectivity index (χ1) is 8.49. The number of nitrogens with one attached hydrogen (secondary N) is 1. The molecule has 0 aliphatic heterocycles. The third-order valence-electron chi connectivity index (χ3n) is 1.56. The number of carboxylic acids is 1. The van der Waals surface area contributed by atoms with Crippen molar-refractivity contribution in [2.24, 2.45) is 5.16 Å². The predicted molar refractivity (Wildman–Crippen MR) is 75.4 cm³/mol. The van der Waals surface area contributed by atoms with Crippen molar-refractivity contribution < 1.29 is 19.5 Å². The van der Waals surface area contributed by atoms with Crippen LogP contribution < -0.4 is 5.32 Å². The van der Waals surface area contributed by atoms with E-state index in [-0.39, 0.29) is 22.4 Å². The average Bonchev–Trinajstić information content (AvgIpc) is 2.66. The molecule has 0 saturated heterocycles. The Labute approximate surface area is 124 Å². The van der Waals surface area contributed by atoms with Gasteiger partial charge in [0.15, 0.2) is 5.13 Å².